The first kappa shape index (κ1) is 28.3. The molecule has 1 aliphatic rings. The predicted octanol–water partition coefficient (Wildman–Crippen LogP) is 2.62. The summed E-state index contributed by atoms with van der Waals surface area (Å²) in [5.41, 5.74) is -0.982. The molecule has 2 N–H and O–H groups in total. The lowest BCUT2D eigenvalue weighted by Gasteiger charge is -2.25. The average Bonchev–Trinajstić information content (AvgIpc) is 3.67. The zero-order chi connectivity index (χ0) is 30.6. The molecule has 13 nitrogen and oxygen atoms in total. The van der Waals surface area contributed by atoms with E-state index in [1.165, 1.54) is 30.5 Å². The summed E-state index contributed by atoms with van der Waals surface area (Å²) in [6.45, 7) is -0.441. The number of esters is 3. The Morgan fingerprint density at radius 2 is 1.27 bits per heavy atom. The third-order valence-corrected chi connectivity index (χ3v) is 6.98. The van der Waals surface area contributed by atoms with Gasteiger partial charge in [0.25, 0.3) is 5.56 Å². The number of aromatic amines is 2. The maximum absolute atomic E-state index is 13.3. The molecule has 222 valence electrons. The molecule has 3 heterocycles. The monoisotopic (exact) mass is 596 g/mol. The van der Waals surface area contributed by atoms with E-state index in [4.69, 9.17) is 18.9 Å². The molecule has 0 saturated carbocycles. The van der Waals surface area contributed by atoms with E-state index in [1.54, 1.807) is 66.7 Å². The number of carbonyl (C=O) groups excluding carboxylic acids is 3. The van der Waals surface area contributed by atoms with Crippen LogP contribution in [0.15, 0.2) is 107 Å². The molecule has 1 aliphatic heterocycles. The van der Waals surface area contributed by atoms with Crippen molar-refractivity contribution in [2.24, 2.45) is 0 Å². The van der Waals surface area contributed by atoms with Gasteiger partial charge in [-0.25, -0.2) is 19.2 Å². The number of benzene rings is 3. The molecule has 0 aliphatic carbocycles. The molecule has 0 bridgehead atoms. The molecule has 0 radical (unpaired) electrons. The fourth-order valence-electron chi connectivity index (χ4n) is 4.88. The van der Waals surface area contributed by atoms with Crippen LogP contribution in [0.25, 0.3) is 11.0 Å². The molecule has 1 fully saturated rings. The lowest BCUT2D eigenvalue weighted by Crippen LogP contribution is -2.43. The van der Waals surface area contributed by atoms with Crippen molar-refractivity contribution in [1.29, 1.82) is 0 Å². The molecule has 4 atom stereocenters. The Kier molecular flexibility index (Phi) is 7.84. The van der Waals surface area contributed by atoms with Crippen molar-refractivity contribution >= 4 is 28.9 Å². The summed E-state index contributed by atoms with van der Waals surface area (Å²) in [5.74, 6) is -2.25. The Morgan fingerprint density at radius 1 is 0.750 bits per heavy atom. The van der Waals surface area contributed by atoms with Crippen LogP contribution in [0.5, 0.6) is 0 Å². The molecule has 2 aromatic heterocycles. The van der Waals surface area contributed by atoms with Crippen LogP contribution in [-0.2, 0) is 18.9 Å². The van der Waals surface area contributed by atoms with E-state index in [2.05, 4.69) is 15.2 Å². The SMILES string of the molecule is O=C(OC[C@H]1O[C@@H](n2c(=O)[nH]c(=O)c3[nH]ncc32)[C@H](OC(=O)c2ccccc2)[C@@H]1OC(=O)c1ccccc1)c1ccccc1. The molecule has 0 spiro atoms. The minimum atomic E-state index is -1.45. The fraction of sp³-hybridized carbons (Fsp3) is 0.161. The van der Waals surface area contributed by atoms with Gasteiger partial charge in [0.2, 0.25) is 0 Å². The third-order valence-electron chi connectivity index (χ3n) is 6.98. The van der Waals surface area contributed by atoms with Gasteiger partial charge in [-0.3, -0.25) is 19.4 Å². The van der Waals surface area contributed by atoms with Gasteiger partial charge in [-0.2, -0.15) is 5.10 Å². The summed E-state index contributed by atoms with van der Waals surface area (Å²) in [4.78, 5) is 67.2. The van der Waals surface area contributed by atoms with Crippen molar-refractivity contribution in [3.63, 3.8) is 0 Å². The van der Waals surface area contributed by atoms with E-state index in [9.17, 15) is 24.0 Å². The number of nitrogens with zero attached hydrogens (tertiary/aromatic N) is 2. The van der Waals surface area contributed by atoms with Gasteiger partial charge >= 0.3 is 23.6 Å². The number of nitrogens with one attached hydrogen (secondary N) is 2. The molecule has 0 unspecified atom stereocenters. The Bertz CT molecular complexity index is 1920. The van der Waals surface area contributed by atoms with Gasteiger partial charge in [-0.1, -0.05) is 54.6 Å². The second-order valence-corrected chi connectivity index (χ2v) is 9.76. The first-order valence-electron chi connectivity index (χ1n) is 13.5. The quantitative estimate of drug-likeness (QED) is 0.200. The van der Waals surface area contributed by atoms with Crippen LogP contribution in [0.2, 0.25) is 0 Å². The van der Waals surface area contributed by atoms with E-state index in [0.717, 1.165) is 4.57 Å². The number of fused-ring (bicyclic) bond motifs is 1. The fourth-order valence-corrected chi connectivity index (χ4v) is 4.88. The topological polar surface area (TPSA) is 172 Å². The van der Waals surface area contributed by atoms with Crippen molar-refractivity contribution < 1.29 is 33.3 Å². The van der Waals surface area contributed by atoms with Gasteiger partial charge in [0, 0.05) is 0 Å². The summed E-state index contributed by atoms with van der Waals surface area (Å²) in [6.07, 6.45) is -4.24. The van der Waals surface area contributed by atoms with Gasteiger partial charge < -0.3 is 18.9 Å². The minimum Gasteiger partial charge on any atom is -0.459 e. The molecule has 5 aromatic rings. The standard InChI is InChI=1S/C31H24N4O9/c36-26-23-21(16-32-34-23)35(31(40)33-26)27-25(44-30(39)20-14-8-3-9-15-20)24(43-29(38)19-12-6-2-7-13-19)22(42-27)17-41-28(37)18-10-4-1-5-11-18/h1-16,22,24-25,27H,17H2,(H,32,34)(H,33,36,40)/t22-,24-,25-,27-/m1/s1. The highest BCUT2D eigenvalue weighted by Crippen LogP contribution is 2.35. The van der Waals surface area contributed by atoms with E-state index < -0.39 is 60.3 Å². The van der Waals surface area contributed by atoms with Crippen LogP contribution in [-0.4, -0.2) is 62.6 Å². The molecule has 44 heavy (non-hydrogen) atoms. The second kappa shape index (κ2) is 12.2. The number of H-pyrrole nitrogens is 2. The molecule has 3 aromatic carbocycles. The normalized spacial score (nSPS) is 19.4. The third kappa shape index (κ3) is 5.63. The van der Waals surface area contributed by atoms with Crippen molar-refractivity contribution in [1.82, 2.24) is 19.7 Å². The van der Waals surface area contributed by atoms with Crippen molar-refractivity contribution in [2.45, 2.75) is 24.5 Å². The first-order valence-corrected chi connectivity index (χ1v) is 13.5. The smallest absolute Gasteiger partial charge is 0.338 e. The molecule has 13 heteroatoms. The number of hydrogen-bond donors (Lipinski definition) is 2. The number of ether oxygens (including phenoxy) is 4. The number of carbonyl (C=O) groups is 3. The Balaban J connectivity index is 1.41. The Morgan fingerprint density at radius 3 is 1.84 bits per heavy atom. The van der Waals surface area contributed by atoms with Crippen LogP contribution in [0, 0.1) is 0 Å². The summed E-state index contributed by atoms with van der Waals surface area (Å²) < 4.78 is 24.5. The maximum Gasteiger partial charge on any atom is 0.338 e. The summed E-state index contributed by atoms with van der Waals surface area (Å²) in [6, 6.07) is 24.3. The number of hydrogen-bond acceptors (Lipinski definition) is 10. The van der Waals surface area contributed by atoms with E-state index >= 15 is 0 Å². The lowest BCUT2D eigenvalue weighted by atomic mass is 10.1. The van der Waals surface area contributed by atoms with Crippen molar-refractivity contribution in [2.75, 3.05) is 6.61 Å². The Hall–Kier alpha value is -5.82. The number of aromatic nitrogens is 4. The molecular formula is C31H24N4O9. The zero-order valence-corrected chi connectivity index (χ0v) is 22.8. The van der Waals surface area contributed by atoms with Gasteiger partial charge in [0.05, 0.1) is 28.4 Å². The molecule has 6 rings (SSSR count). The van der Waals surface area contributed by atoms with E-state index in [-0.39, 0.29) is 27.7 Å². The lowest BCUT2D eigenvalue weighted by molar-refractivity contribution is -0.0620. The Labute approximate surface area is 248 Å². The second-order valence-electron chi connectivity index (χ2n) is 9.76. The van der Waals surface area contributed by atoms with Gasteiger partial charge in [-0.05, 0) is 36.4 Å². The van der Waals surface area contributed by atoms with Crippen LogP contribution in [0.1, 0.15) is 37.3 Å². The largest absolute Gasteiger partial charge is 0.459 e. The average molecular weight is 597 g/mol. The zero-order valence-electron chi connectivity index (χ0n) is 22.8. The number of rotatable bonds is 8. The highest BCUT2D eigenvalue weighted by molar-refractivity contribution is 5.91. The molecule has 1 saturated heterocycles. The van der Waals surface area contributed by atoms with Gasteiger partial charge in [0.15, 0.2) is 18.4 Å². The summed E-state index contributed by atoms with van der Waals surface area (Å²) in [7, 11) is 0. The first-order chi connectivity index (χ1) is 21.4. The van der Waals surface area contributed by atoms with Crippen LogP contribution in [0.3, 0.4) is 0 Å². The molecular weight excluding hydrogens is 572 g/mol. The predicted molar refractivity (Wildman–Crippen MR) is 153 cm³/mol. The minimum absolute atomic E-state index is 0.0413. The summed E-state index contributed by atoms with van der Waals surface area (Å²) >= 11 is 0. The van der Waals surface area contributed by atoms with Crippen LogP contribution in [0.4, 0.5) is 0 Å². The van der Waals surface area contributed by atoms with Crippen molar-refractivity contribution in [3.05, 3.63) is 135 Å². The van der Waals surface area contributed by atoms with Gasteiger partial charge in [0.1, 0.15) is 18.2 Å². The van der Waals surface area contributed by atoms with Crippen LogP contribution < -0.4 is 11.2 Å². The van der Waals surface area contributed by atoms with E-state index in [0.29, 0.717) is 0 Å². The highest BCUT2D eigenvalue weighted by atomic mass is 16.7. The van der Waals surface area contributed by atoms with Crippen LogP contribution >= 0.6 is 0 Å². The van der Waals surface area contributed by atoms with E-state index in [1.807, 2.05) is 0 Å². The van der Waals surface area contributed by atoms with Gasteiger partial charge in [-0.15, -0.1) is 0 Å². The van der Waals surface area contributed by atoms with Crippen molar-refractivity contribution in [3.8, 4) is 0 Å². The highest BCUT2D eigenvalue weighted by Gasteiger charge is 2.52. The molecule has 0 amide bonds. The summed E-state index contributed by atoms with van der Waals surface area (Å²) in [5, 5.41) is 6.39. The maximum atomic E-state index is 13.3.